The van der Waals surface area contributed by atoms with Crippen molar-refractivity contribution in [1.82, 2.24) is 19.4 Å². The van der Waals surface area contributed by atoms with Crippen molar-refractivity contribution in [2.75, 3.05) is 18.4 Å². The van der Waals surface area contributed by atoms with Crippen molar-refractivity contribution in [3.8, 4) is 5.69 Å². The zero-order valence-electron chi connectivity index (χ0n) is 20.2. The third kappa shape index (κ3) is 5.44. The molecule has 1 fully saturated rings. The SMILES string of the molecule is O=C(Nc1ccc(C2CCN(C(=O)c3ccc(C(F)(F)F)cc3)CC2)cc1)c1cncn1-c1ccncc1. The molecule has 0 radical (unpaired) electrons. The van der Waals surface area contributed by atoms with Gasteiger partial charge in [-0.05, 0) is 72.9 Å². The van der Waals surface area contributed by atoms with Crippen molar-refractivity contribution in [2.45, 2.75) is 24.9 Å². The van der Waals surface area contributed by atoms with Crippen LogP contribution in [0.5, 0.6) is 0 Å². The van der Waals surface area contributed by atoms with Crippen molar-refractivity contribution in [3.63, 3.8) is 0 Å². The molecule has 2 aromatic carbocycles. The summed E-state index contributed by atoms with van der Waals surface area (Å²) in [6.07, 6.45) is 3.41. The van der Waals surface area contributed by atoms with E-state index in [0.717, 1.165) is 36.2 Å². The van der Waals surface area contributed by atoms with Crippen LogP contribution in [0.25, 0.3) is 5.69 Å². The number of alkyl halides is 3. The van der Waals surface area contributed by atoms with Crippen LogP contribution in [0.15, 0.2) is 85.6 Å². The molecule has 194 valence electrons. The molecule has 2 amide bonds. The number of amides is 2. The van der Waals surface area contributed by atoms with Gasteiger partial charge in [0.25, 0.3) is 11.8 Å². The molecule has 2 aromatic heterocycles. The van der Waals surface area contributed by atoms with Gasteiger partial charge in [0.15, 0.2) is 0 Å². The standard InChI is InChI=1S/C28H24F3N5O2/c29-28(30,31)22-5-1-21(2-6-22)27(38)35-15-11-20(12-16-35)19-3-7-23(8-4-19)34-26(37)25-17-33-18-36(25)24-9-13-32-14-10-24/h1-10,13-14,17-18,20H,11-12,15-16H2,(H,34,37). The highest BCUT2D eigenvalue weighted by molar-refractivity contribution is 6.03. The summed E-state index contributed by atoms with van der Waals surface area (Å²) < 4.78 is 40.1. The number of nitrogens with zero attached hydrogens (tertiary/aromatic N) is 4. The van der Waals surface area contributed by atoms with E-state index in [1.165, 1.54) is 18.3 Å². The van der Waals surface area contributed by atoms with Crippen molar-refractivity contribution in [1.29, 1.82) is 0 Å². The van der Waals surface area contributed by atoms with Crippen molar-refractivity contribution in [2.24, 2.45) is 0 Å². The van der Waals surface area contributed by atoms with E-state index in [1.807, 2.05) is 24.3 Å². The summed E-state index contributed by atoms with van der Waals surface area (Å²) in [5.41, 5.74) is 2.41. The van der Waals surface area contributed by atoms with E-state index in [0.29, 0.717) is 24.5 Å². The summed E-state index contributed by atoms with van der Waals surface area (Å²) in [5, 5.41) is 2.90. The Morgan fingerprint density at radius 3 is 2.16 bits per heavy atom. The van der Waals surface area contributed by atoms with Crippen LogP contribution in [0.3, 0.4) is 0 Å². The maximum absolute atomic E-state index is 12.9. The van der Waals surface area contributed by atoms with Crippen molar-refractivity contribution in [3.05, 3.63) is 108 Å². The molecule has 7 nitrogen and oxygen atoms in total. The van der Waals surface area contributed by atoms with Gasteiger partial charge in [0, 0.05) is 36.7 Å². The zero-order valence-corrected chi connectivity index (χ0v) is 20.2. The van der Waals surface area contributed by atoms with Gasteiger partial charge in [-0.2, -0.15) is 13.2 Å². The average Bonchev–Trinajstić information content (AvgIpc) is 3.44. The summed E-state index contributed by atoms with van der Waals surface area (Å²) in [6, 6.07) is 15.5. The zero-order chi connectivity index (χ0) is 26.7. The summed E-state index contributed by atoms with van der Waals surface area (Å²) in [7, 11) is 0. The first kappa shape index (κ1) is 25.2. The molecule has 3 heterocycles. The Balaban J connectivity index is 1.17. The lowest BCUT2D eigenvalue weighted by molar-refractivity contribution is -0.137. The summed E-state index contributed by atoms with van der Waals surface area (Å²) in [4.78, 5) is 35.4. The summed E-state index contributed by atoms with van der Waals surface area (Å²) in [5.74, 6) is -0.312. The predicted octanol–water partition coefficient (Wildman–Crippen LogP) is 5.56. The van der Waals surface area contributed by atoms with E-state index in [1.54, 1.807) is 40.3 Å². The number of hydrogen-bond acceptors (Lipinski definition) is 4. The molecule has 0 atom stereocenters. The molecule has 0 bridgehead atoms. The second-order valence-corrected chi connectivity index (χ2v) is 9.07. The van der Waals surface area contributed by atoms with E-state index in [9.17, 15) is 22.8 Å². The molecule has 1 aliphatic heterocycles. The molecule has 1 N–H and O–H groups in total. The number of hydrogen-bond donors (Lipinski definition) is 1. The fraction of sp³-hybridized carbons (Fsp3) is 0.214. The maximum atomic E-state index is 12.9. The fourth-order valence-corrected chi connectivity index (χ4v) is 4.61. The molecule has 0 spiro atoms. The number of rotatable bonds is 5. The Kier molecular flexibility index (Phi) is 6.95. The first-order valence-corrected chi connectivity index (χ1v) is 12.1. The summed E-state index contributed by atoms with van der Waals surface area (Å²) in [6.45, 7) is 1.03. The van der Waals surface area contributed by atoms with E-state index in [2.05, 4.69) is 15.3 Å². The van der Waals surface area contributed by atoms with Crippen LogP contribution < -0.4 is 5.32 Å². The third-order valence-electron chi connectivity index (χ3n) is 6.69. The Labute approximate surface area is 217 Å². The number of imidazole rings is 1. The van der Waals surface area contributed by atoms with Gasteiger partial charge in [0.1, 0.15) is 5.69 Å². The van der Waals surface area contributed by atoms with Gasteiger partial charge in [-0.15, -0.1) is 0 Å². The number of halogens is 3. The Morgan fingerprint density at radius 2 is 1.53 bits per heavy atom. The van der Waals surface area contributed by atoms with Crippen LogP contribution in [0.2, 0.25) is 0 Å². The van der Waals surface area contributed by atoms with Crippen LogP contribution in [0, 0.1) is 0 Å². The van der Waals surface area contributed by atoms with Crippen LogP contribution >= 0.6 is 0 Å². The Hall–Kier alpha value is -4.47. The quantitative estimate of drug-likeness (QED) is 0.375. The van der Waals surface area contributed by atoms with E-state index < -0.39 is 11.7 Å². The number of likely N-dealkylation sites (tertiary alicyclic amines) is 1. The predicted molar refractivity (Wildman–Crippen MR) is 135 cm³/mol. The third-order valence-corrected chi connectivity index (χ3v) is 6.69. The van der Waals surface area contributed by atoms with E-state index in [-0.39, 0.29) is 23.3 Å². The van der Waals surface area contributed by atoms with Gasteiger partial charge in [-0.1, -0.05) is 12.1 Å². The van der Waals surface area contributed by atoms with Crippen LogP contribution in [-0.4, -0.2) is 44.3 Å². The van der Waals surface area contributed by atoms with Gasteiger partial charge < -0.3 is 10.2 Å². The maximum Gasteiger partial charge on any atom is 0.416 e. The highest BCUT2D eigenvalue weighted by Crippen LogP contribution is 2.31. The lowest BCUT2D eigenvalue weighted by atomic mass is 9.89. The minimum Gasteiger partial charge on any atom is -0.339 e. The van der Waals surface area contributed by atoms with Crippen LogP contribution in [-0.2, 0) is 6.18 Å². The smallest absolute Gasteiger partial charge is 0.339 e. The Bertz CT molecular complexity index is 1410. The number of benzene rings is 2. The second-order valence-electron chi connectivity index (χ2n) is 9.07. The van der Waals surface area contributed by atoms with Crippen LogP contribution in [0.1, 0.15) is 50.7 Å². The highest BCUT2D eigenvalue weighted by Gasteiger charge is 2.31. The molecular weight excluding hydrogens is 495 g/mol. The molecule has 10 heteroatoms. The van der Waals surface area contributed by atoms with Gasteiger partial charge in [0.05, 0.1) is 23.8 Å². The number of piperidine rings is 1. The van der Waals surface area contributed by atoms with Gasteiger partial charge in [-0.25, -0.2) is 4.98 Å². The molecule has 0 unspecified atom stereocenters. The normalized spacial score (nSPS) is 14.3. The van der Waals surface area contributed by atoms with Crippen LogP contribution in [0.4, 0.5) is 18.9 Å². The molecule has 0 saturated carbocycles. The van der Waals surface area contributed by atoms with E-state index in [4.69, 9.17) is 0 Å². The minimum atomic E-state index is -4.43. The van der Waals surface area contributed by atoms with Gasteiger partial charge >= 0.3 is 6.18 Å². The number of carbonyl (C=O) groups is 2. The number of nitrogens with one attached hydrogen (secondary N) is 1. The lowest BCUT2D eigenvalue weighted by Gasteiger charge is -2.32. The molecule has 1 saturated heterocycles. The molecular formula is C28H24F3N5O2. The fourth-order valence-electron chi connectivity index (χ4n) is 4.61. The first-order valence-electron chi connectivity index (χ1n) is 12.1. The number of pyridine rings is 1. The van der Waals surface area contributed by atoms with Crippen molar-refractivity contribution < 1.29 is 22.8 Å². The average molecular weight is 520 g/mol. The molecule has 1 aliphatic rings. The highest BCUT2D eigenvalue weighted by atomic mass is 19.4. The lowest BCUT2D eigenvalue weighted by Crippen LogP contribution is -2.37. The largest absolute Gasteiger partial charge is 0.416 e. The number of aromatic nitrogens is 3. The first-order chi connectivity index (χ1) is 18.3. The molecule has 5 rings (SSSR count). The number of anilines is 1. The minimum absolute atomic E-state index is 0.240. The second kappa shape index (κ2) is 10.5. The van der Waals surface area contributed by atoms with Crippen molar-refractivity contribution >= 4 is 17.5 Å². The van der Waals surface area contributed by atoms with Gasteiger partial charge in [-0.3, -0.25) is 19.1 Å². The van der Waals surface area contributed by atoms with E-state index >= 15 is 0 Å². The monoisotopic (exact) mass is 519 g/mol. The topological polar surface area (TPSA) is 80.1 Å². The number of carbonyl (C=O) groups excluding carboxylic acids is 2. The Morgan fingerprint density at radius 1 is 0.868 bits per heavy atom. The molecule has 4 aromatic rings. The summed E-state index contributed by atoms with van der Waals surface area (Å²) >= 11 is 0. The molecule has 0 aliphatic carbocycles. The molecule has 38 heavy (non-hydrogen) atoms. The van der Waals surface area contributed by atoms with Gasteiger partial charge in [0.2, 0.25) is 0 Å².